The molecule has 0 bridgehead atoms. The molecule has 2 rings (SSSR count). The molecule has 0 radical (unpaired) electrons. The van der Waals surface area contributed by atoms with Crippen molar-refractivity contribution in [2.24, 2.45) is 0 Å². The van der Waals surface area contributed by atoms with Crippen LogP contribution in [0, 0.1) is 27.7 Å². The summed E-state index contributed by atoms with van der Waals surface area (Å²) in [6, 6.07) is 2.06. The van der Waals surface area contributed by atoms with Crippen LogP contribution >= 0.6 is 11.3 Å². The molecule has 0 saturated heterocycles. The Labute approximate surface area is 126 Å². The van der Waals surface area contributed by atoms with Crippen LogP contribution in [0.25, 0.3) is 0 Å². The molecule has 2 aromatic heterocycles. The highest BCUT2D eigenvalue weighted by Gasteiger charge is 2.15. The first-order valence-corrected chi connectivity index (χ1v) is 7.46. The molecule has 0 atom stereocenters. The van der Waals surface area contributed by atoms with E-state index in [-0.39, 0.29) is 12.1 Å². The lowest BCUT2D eigenvalue weighted by molar-refractivity contribution is -0.136. The minimum absolute atomic E-state index is 0.118. The van der Waals surface area contributed by atoms with Gasteiger partial charge in [-0.25, -0.2) is 4.79 Å². The van der Waals surface area contributed by atoms with E-state index in [0.29, 0.717) is 23.5 Å². The van der Waals surface area contributed by atoms with E-state index in [1.54, 1.807) is 29.8 Å². The van der Waals surface area contributed by atoms with Crippen molar-refractivity contribution in [1.29, 1.82) is 0 Å². The van der Waals surface area contributed by atoms with E-state index in [0.717, 1.165) is 4.88 Å². The lowest BCUT2D eigenvalue weighted by Gasteiger charge is -2.13. The first-order valence-electron chi connectivity index (χ1n) is 6.64. The number of hydrogen-bond acceptors (Lipinski definition) is 4. The molecule has 21 heavy (non-hydrogen) atoms. The first kappa shape index (κ1) is 15.4. The van der Waals surface area contributed by atoms with E-state index < -0.39 is 5.97 Å². The van der Waals surface area contributed by atoms with E-state index in [1.807, 2.05) is 13.8 Å². The van der Waals surface area contributed by atoms with E-state index in [2.05, 4.69) is 11.1 Å². The quantitative estimate of drug-likeness (QED) is 0.940. The van der Waals surface area contributed by atoms with Crippen molar-refractivity contribution in [1.82, 2.24) is 9.55 Å². The predicted molar refractivity (Wildman–Crippen MR) is 82.2 cm³/mol. The van der Waals surface area contributed by atoms with Gasteiger partial charge >= 0.3 is 11.7 Å². The number of hydrogen-bond donors (Lipinski definition) is 1. The van der Waals surface area contributed by atoms with Crippen LogP contribution in [-0.2, 0) is 17.8 Å². The third-order valence-corrected chi connectivity index (χ3v) is 4.77. The van der Waals surface area contributed by atoms with Crippen LogP contribution in [0.3, 0.4) is 0 Å². The fraction of sp³-hybridized carbons (Fsp3) is 0.400. The molecule has 6 heteroatoms. The Kier molecular flexibility index (Phi) is 4.27. The number of aromatic nitrogens is 2. The number of carboxylic acids is 1. The molecule has 1 N–H and O–H groups in total. The Balaban J connectivity index is 2.48. The molecule has 0 aliphatic carbocycles. The normalized spacial score (nSPS) is 10.9. The van der Waals surface area contributed by atoms with Crippen molar-refractivity contribution in [2.45, 2.75) is 40.7 Å². The molecular formula is C15H18N2O3S. The van der Waals surface area contributed by atoms with E-state index in [4.69, 9.17) is 5.11 Å². The van der Waals surface area contributed by atoms with Crippen molar-refractivity contribution in [3.05, 3.63) is 48.8 Å². The molecule has 2 heterocycles. The maximum atomic E-state index is 12.1. The van der Waals surface area contributed by atoms with Crippen LogP contribution in [0.2, 0.25) is 0 Å². The number of aliphatic carboxylic acids is 1. The van der Waals surface area contributed by atoms with Gasteiger partial charge in [0.05, 0.1) is 13.0 Å². The van der Waals surface area contributed by atoms with Crippen molar-refractivity contribution in [2.75, 3.05) is 0 Å². The smallest absolute Gasteiger partial charge is 0.348 e. The lowest BCUT2D eigenvalue weighted by atomic mass is 10.1. The molecule has 0 fully saturated rings. The van der Waals surface area contributed by atoms with Gasteiger partial charge in [0, 0.05) is 26.7 Å². The summed E-state index contributed by atoms with van der Waals surface area (Å²) in [6.45, 7) is 7.97. The van der Waals surface area contributed by atoms with Crippen molar-refractivity contribution >= 4 is 17.3 Å². The van der Waals surface area contributed by atoms with Crippen LogP contribution in [0.15, 0.2) is 10.9 Å². The Morgan fingerprint density at radius 1 is 1.33 bits per heavy atom. The number of thiophene rings is 1. The zero-order chi connectivity index (χ0) is 15.7. The predicted octanol–water partition coefficient (Wildman–Crippen LogP) is 2.21. The van der Waals surface area contributed by atoms with Crippen molar-refractivity contribution < 1.29 is 9.90 Å². The van der Waals surface area contributed by atoms with Gasteiger partial charge in [0.1, 0.15) is 0 Å². The number of carbonyl (C=O) groups is 1. The Morgan fingerprint density at radius 3 is 2.52 bits per heavy atom. The number of aryl methyl sites for hydroxylation is 3. The Hall–Kier alpha value is -1.95. The fourth-order valence-electron chi connectivity index (χ4n) is 2.32. The highest BCUT2D eigenvalue weighted by atomic mass is 32.1. The average molecular weight is 306 g/mol. The summed E-state index contributed by atoms with van der Waals surface area (Å²) in [5, 5.41) is 8.99. The van der Waals surface area contributed by atoms with Gasteiger partial charge < -0.3 is 5.11 Å². The van der Waals surface area contributed by atoms with Gasteiger partial charge in [0.2, 0.25) is 0 Å². The molecule has 112 valence electrons. The van der Waals surface area contributed by atoms with Crippen LogP contribution in [0.5, 0.6) is 0 Å². The lowest BCUT2D eigenvalue weighted by Crippen LogP contribution is -2.28. The summed E-state index contributed by atoms with van der Waals surface area (Å²) in [5.41, 5.74) is 2.66. The third-order valence-electron chi connectivity index (χ3n) is 3.63. The van der Waals surface area contributed by atoms with E-state index in [9.17, 15) is 9.59 Å². The zero-order valence-electron chi connectivity index (χ0n) is 12.6. The molecule has 5 nitrogen and oxygen atoms in total. The molecule has 0 aliphatic heterocycles. The van der Waals surface area contributed by atoms with Gasteiger partial charge in [-0.05, 0) is 39.3 Å². The second-order valence-corrected chi connectivity index (χ2v) is 6.49. The zero-order valence-corrected chi connectivity index (χ0v) is 13.4. The Bertz CT molecular complexity index is 740. The van der Waals surface area contributed by atoms with Gasteiger partial charge in [-0.3, -0.25) is 9.36 Å². The summed E-state index contributed by atoms with van der Waals surface area (Å²) in [5.74, 6) is -0.920. The molecule has 0 spiro atoms. The molecule has 0 unspecified atom stereocenters. The highest BCUT2D eigenvalue weighted by molar-refractivity contribution is 7.12. The van der Waals surface area contributed by atoms with Crippen LogP contribution in [0.1, 0.15) is 32.3 Å². The summed E-state index contributed by atoms with van der Waals surface area (Å²) in [6.07, 6.45) is -0.118. The molecule has 0 aliphatic rings. The van der Waals surface area contributed by atoms with Crippen LogP contribution < -0.4 is 5.69 Å². The third kappa shape index (κ3) is 3.21. The minimum atomic E-state index is -0.920. The van der Waals surface area contributed by atoms with Crippen molar-refractivity contribution in [3.8, 4) is 0 Å². The van der Waals surface area contributed by atoms with Crippen LogP contribution in [0.4, 0.5) is 0 Å². The van der Waals surface area contributed by atoms with Crippen molar-refractivity contribution in [3.63, 3.8) is 0 Å². The first-order chi connectivity index (χ1) is 9.79. The van der Waals surface area contributed by atoms with Gasteiger partial charge in [0.25, 0.3) is 0 Å². The maximum Gasteiger partial charge on any atom is 0.348 e. The Morgan fingerprint density at radius 2 is 2.00 bits per heavy atom. The molecule has 0 amide bonds. The largest absolute Gasteiger partial charge is 0.481 e. The highest BCUT2D eigenvalue weighted by Crippen LogP contribution is 2.22. The van der Waals surface area contributed by atoms with E-state index in [1.165, 1.54) is 10.4 Å². The van der Waals surface area contributed by atoms with Gasteiger partial charge in [-0.15, -0.1) is 11.3 Å². The molecule has 0 aromatic carbocycles. The second kappa shape index (κ2) is 5.81. The maximum absolute atomic E-state index is 12.1. The fourth-order valence-corrected chi connectivity index (χ4v) is 3.36. The van der Waals surface area contributed by atoms with Gasteiger partial charge in [0.15, 0.2) is 0 Å². The number of carboxylic acid groups (broad SMARTS) is 1. The van der Waals surface area contributed by atoms with Crippen LogP contribution in [-0.4, -0.2) is 20.6 Å². The summed E-state index contributed by atoms with van der Waals surface area (Å²) >= 11 is 1.65. The summed E-state index contributed by atoms with van der Waals surface area (Å²) in [7, 11) is 0. The number of rotatable bonds is 4. The minimum Gasteiger partial charge on any atom is -0.481 e. The molecular weight excluding hydrogens is 288 g/mol. The van der Waals surface area contributed by atoms with Gasteiger partial charge in [-0.1, -0.05) is 0 Å². The summed E-state index contributed by atoms with van der Waals surface area (Å²) < 4.78 is 1.55. The summed E-state index contributed by atoms with van der Waals surface area (Å²) in [4.78, 5) is 29.3. The second-order valence-electron chi connectivity index (χ2n) is 5.15. The average Bonchev–Trinajstić information content (AvgIpc) is 2.69. The monoisotopic (exact) mass is 306 g/mol. The molecule has 0 saturated carbocycles. The topological polar surface area (TPSA) is 72.2 Å². The standard InChI is InChI=1S/C15H18N2O3S/c1-8-5-12(21-11(8)4)7-17-10(3)13(6-14(18)19)9(2)16-15(17)20/h5H,6-7H2,1-4H3,(H,18,19). The number of nitrogens with zero attached hydrogens (tertiary/aromatic N) is 2. The molecule has 2 aromatic rings. The van der Waals surface area contributed by atoms with Gasteiger partial charge in [-0.2, -0.15) is 4.98 Å². The SMILES string of the molecule is Cc1cc(Cn2c(C)c(CC(=O)O)c(C)nc2=O)sc1C. The van der Waals surface area contributed by atoms with E-state index >= 15 is 0 Å².